The molecule has 0 spiro atoms. The minimum absolute atomic E-state index is 0.114. The van der Waals surface area contributed by atoms with E-state index >= 15 is 0 Å². The molecule has 0 saturated carbocycles. The second kappa shape index (κ2) is 5.01. The highest BCUT2D eigenvalue weighted by Gasteiger charge is 2.46. The first kappa shape index (κ1) is 13.1. The zero-order valence-corrected chi connectivity index (χ0v) is 11.8. The molecule has 0 fully saturated rings. The van der Waals surface area contributed by atoms with Crippen LogP contribution in [-0.4, -0.2) is 17.2 Å². The molecule has 4 aliphatic rings. The van der Waals surface area contributed by atoms with E-state index in [9.17, 15) is 10.0 Å². The lowest BCUT2D eigenvalue weighted by molar-refractivity contribution is 0.185. The molecule has 21 heavy (non-hydrogen) atoms. The Balaban J connectivity index is 1.80. The first-order valence-corrected chi connectivity index (χ1v) is 7.72. The van der Waals surface area contributed by atoms with Crippen molar-refractivity contribution < 1.29 is 10.0 Å². The van der Waals surface area contributed by atoms with Crippen LogP contribution < -0.4 is 0 Å². The van der Waals surface area contributed by atoms with Gasteiger partial charge in [-0.1, -0.05) is 66.8 Å². The number of fused-ring (bicyclic) bond motifs is 5. The SMILES string of the molecule is OB(O)C1=CC2C=CC3C=CC=CC3C2C2C=CC=CC12. The van der Waals surface area contributed by atoms with E-state index in [0.717, 1.165) is 5.47 Å². The predicted octanol–water partition coefficient (Wildman–Crippen LogP) is 2.46. The molecule has 4 rings (SSSR count). The fraction of sp³-hybridized carbons (Fsp3) is 0.333. The summed E-state index contributed by atoms with van der Waals surface area (Å²) >= 11 is 0. The van der Waals surface area contributed by atoms with Crippen molar-refractivity contribution in [3.63, 3.8) is 0 Å². The van der Waals surface area contributed by atoms with E-state index in [1.807, 2.05) is 6.08 Å². The van der Waals surface area contributed by atoms with Gasteiger partial charge in [0.2, 0.25) is 0 Å². The van der Waals surface area contributed by atoms with Crippen LogP contribution in [0.3, 0.4) is 0 Å². The van der Waals surface area contributed by atoms with Crippen molar-refractivity contribution in [1.29, 1.82) is 0 Å². The summed E-state index contributed by atoms with van der Waals surface area (Å²) in [5.41, 5.74) is 0.750. The summed E-state index contributed by atoms with van der Waals surface area (Å²) in [5.74, 6) is 2.22. The highest BCUT2D eigenvalue weighted by Crippen LogP contribution is 2.50. The number of rotatable bonds is 1. The Hall–Kier alpha value is -1.58. The molecule has 6 atom stereocenters. The lowest BCUT2D eigenvalue weighted by Gasteiger charge is -2.47. The molecule has 2 nitrogen and oxygen atoms in total. The largest absolute Gasteiger partial charge is 0.484 e. The van der Waals surface area contributed by atoms with Gasteiger partial charge in [0.1, 0.15) is 0 Å². The summed E-state index contributed by atoms with van der Waals surface area (Å²) in [5, 5.41) is 19.4. The average Bonchev–Trinajstić information content (AvgIpc) is 2.53. The third-order valence-electron chi connectivity index (χ3n) is 5.36. The first-order valence-electron chi connectivity index (χ1n) is 7.72. The van der Waals surface area contributed by atoms with Crippen LogP contribution in [0.15, 0.2) is 72.3 Å². The minimum atomic E-state index is -1.36. The lowest BCUT2D eigenvalue weighted by Crippen LogP contribution is -2.43. The van der Waals surface area contributed by atoms with Crippen LogP contribution in [0.4, 0.5) is 0 Å². The molecule has 0 heterocycles. The van der Waals surface area contributed by atoms with Crippen molar-refractivity contribution in [3.8, 4) is 0 Å². The van der Waals surface area contributed by atoms with E-state index in [1.165, 1.54) is 0 Å². The number of allylic oxidation sites excluding steroid dienone is 12. The summed E-state index contributed by atoms with van der Waals surface area (Å²) in [4.78, 5) is 0. The Bertz CT molecular complexity index is 609. The zero-order chi connectivity index (χ0) is 14.4. The Morgan fingerprint density at radius 1 is 0.714 bits per heavy atom. The molecule has 0 saturated heterocycles. The van der Waals surface area contributed by atoms with Crippen LogP contribution in [0, 0.1) is 35.5 Å². The van der Waals surface area contributed by atoms with Gasteiger partial charge in [-0.05, 0) is 29.1 Å². The molecule has 0 bridgehead atoms. The monoisotopic (exact) mass is 278 g/mol. The standard InChI is InChI=1S/C18H19BO2/c20-19(21)17-11-13-10-9-12-5-1-2-6-14(12)18(13)16-8-4-3-7-15(16)17/h1-16,18,20-21H. The van der Waals surface area contributed by atoms with Crippen molar-refractivity contribution in [2.24, 2.45) is 35.5 Å². The number of hydrogen-bond acceptors (Lipinski definition) is 2. The Kier molecular flexibility index (Phi) is 3.13. The van der Waals surface area contributed by atoms with Gasteiger partial charge in [-0.2, -0.15) is 0 Å². The maximum atomic E-state index is 9.72. The number of hydrogen-bond donors (Lipinski definition) is 2. The second-order valence-electron chi connectivity index (χ2n) is 6.38. The van der Waals surface area contributed by atoms with Crippen LogP contribution in [0.25, 0.3) is 0 Å². The van der Waals surface area contributed by atoms with Gasteiger partial charge in [0.15, 0.2) is 0 Å². The van der Waals surface area contributed by atoms with Gasteiger partial charge in [-0.3, -0.25) is 0 Å². The highest BCUT2D eigenvalue weighted by molar-refractivity contribution is 6.51. The molecule has 4 aliphatic carbocycles. The van der Waals surface area contributed by atoms with Crippen molar-refractivity contribution >= 4 is 7.12 Å². The van der Waals surface area contributed by atoms with E-state index in [2.05, 4.69) is 60.8 Å². The molecule has 0 aromatic rings. The van der Waals surface area contributed by atoms with Gasteiger partial charge in [0.25, 0.3) is 0 Å². The first-order chi connectivity index (χ1) is 10.3. The van der Waals surface area contributed by atoms with Gasteiger partial charge in [-0.15, -0.1) is 0 Å². The summed E-state index contributed by atoms with van der Waals surface area (Å²) < 4.78 is 0. The predicted molar refractivity (Wildman–Crippen MR) is 84.9 cm³/mol. The quantitative estimate of drug-likeness (QED) is 0.571. The van der Waals surface area contributed by atoms with Gasteiger partial charge in [0.05, 0.1) is 0 Å². The van der Waals surface area contributed by atoms with Crippen LogP contribution in [0.2, 0.25) is 0 Å². The van der Waals surface area contributed by atoms with Crippen molar-refractivity contribution in [2.75, 3.05) is 0 Å². The van der Waals surface area contributed by atoms with E-state index in [4.69, 9.17) is 0 Å². The second-order valence-corrected chi connectivity index (χ2v) is 6.38. The van der Waals surface area contributed by atoms with E-state index in [0.29, 0.717) is 23.7 Å². The van der Waals surface area contributed by atoms with E-state index < -0.39 is 7.12 Å². The minimum Gasteiger partial charge on any atom is -0.423 e. The molecule has 6 unspecified atom stereocenters. The molecule has 106 valence electrons. The van der Waals surface area contributed by atoms with Crippen LogP contribution >= 0.6 is 0 Å². The van der Waals surface area contributed by atoms with Gasteiger partial charge >= 0.3 is 7.12 Å². The summed E-state index contributed by atoms with van der Waals surface area (Å²) in [6.45, 7) is 0. The van der Waals surface area contributed by atoms with Crippen molar-refractivity contribution in [2.45, 2.75) is 0 Å². The molecule has 0 amide bonds. The molecule has 2 N–H and O–H groups in total. The molecule has 0 aromatic heterocycles. The van der Waals surface area contributed by atoms with E-state index in [1.54, 1.807) is 0 Å². The van der Waals surface area contributed by atoms with Crippen LogP contribution in [0.1, 0.15) is 0 Å². The van der Waals surface area contributed by atoms with Gasteiger partial charge in [0, 0.05) is 11.8 Å². The lowest BCUT2D eigenvalue weighted by atomic mass is 9.52. The third kappa shape index (κ3) is 2.03. The topological polar surface area (TPSA) is 40.5 Å². The molecule has 3 heteroatoms. The molecular weight excluding hydrogens is 259 g/mol. The summed E-state index contributed by atoms with van der Waals surface area (Å²) in [7, 11) is -1.36. The van der Waals surface area contributed by atoms with Crippen molar-refractivity contribution in [1.82, 2.24) is 0 Å². The normalized spacial score (nSPS) is 42.1. The highest BCUT2D eigenvalue weighted by atomic mass is 16.4. The third-order valence-corrected chi connectivity index (χ3v) is 5.36. The smallest absolute Gasteiger partial charge is 0.423 e. The van der Waals surface area contributed by atoms with Crippen molar-refractivity contribution in [3.05, 3.63) is 72.3 Å². The van der Waals surface area contributed by atoms with E-state index in [-0.39, 0.29) is 11.8 Å². The van der Waals surface area contributed by atoms with Crippen LogP contribution in [-0.2, 0) is 0 Å². The fourth-order valence-corrected chi connectivity index (χ4v) is 4.46. The maximum Gasteiger partial charge on any atom is 0.484 e. The molecule has 0 aromatic carbocycles. The molecule has 0 radical (unpaired) electrons. The fourth-order valence-electron chi connectivity index (χ4n) is 4.46. The van der Waals surface area contributed by atoms with Gasteiger partial charge in [-0.25, -0.2) is 0 Å². The summed E-state index contributed by atoms with van der Waals surface area (Å²) in [6.07, 6.45) is 24.0. The summed E-state index contributed by atoms with van der Waals surface area (Å²) in [6, 6.07) is 0. The maximum absolute atomic E-state index is 9.72. The Morgan fingerprint density at radius 2 is 1.38 bits per heavy atom. The molecular formula is C18H19BO2. The Morgan fingerprint density at radius 3 is 2.19 bits per heavy atom. The van der Waals surface area contributed by atoms with Gasteiger partial charge < -0.3 is 10.0 Å². The average molecular weight is 278 g/mol. The zero-order valence-electron chi connectivity index (χ0n) is 11.8. The van der Waals surface area contributed by atoms with Crippen LogP contribution in [0.5, 0.6) is 0 Å². The molecule has 0 aliphatic heterocycles. The Labute approximate surface area is 125 Å².